The largest absolute Gasteiger partial charge is 0.417 e. The van der Waals surface area contributed by atoms with Crippen molar-refractivity contribution in [2.75, 3.05) is 6.26 Å². The smallest absolute Gasteiger partial charge is 0.299 e. The van der Waals surface area contributed by atoms with Crippen LogP contribution in [0.5, 0.6) is 0 Å². The van der Waals surface area contributed by atoms with Gasteiger partial charge >= 0.3 is 6.18 Å². The van der Waals surface area contributed by atoms with Gasteiger partial charge in [0, 0.05) is 29.4 Å². The first-order chi connectivity index (χ1) is 19.3. The number of imidazole rings is 1. The van der Waals surface area contributed by atoms with E-state index in [0.29, 0.717) is 22.7 Å². The molecule has 0 radical (unpaired) electrons. The van der Waals surface area contributed by atoms with E-state index in [1.165, 1.54) is 18.2 Å². The summed E-state index contributed by atoms with van der Waals surface area (Å²) in [6.07, 6.45) is -0.878. The van der Waals surface area contributed by atoms with Gasteiger partial charge in [0.15, 0.2) is 9.84 Å². The van der Waals surface area contributed by atoms with E-state index in [1.807, 2.05) is 13.8 Å². The van der Waals surface area contributed by atoms with Gasteiger partial charge in [-0.25, -0.2) is 13.4 Å². The summed E-state index contributed by atoms with van der Waals surface area (Å²) in [5.74, 6) is 0.354. The van der Waals surface area contributed by atoms with Crippen molar-refractivity contribution in [3.63, 3.8) is 0 Å². The lowest BCUT2D eigenvalue weighted by Gasteiger charge is -2.14. The summed E-state index contributed by atoms with van der Waals surface area (Å²) in [6.45, 7) is 7.71. The Labute approximate surface area is 238 Å². The molecule has 0 N–H and O–H groups in total. The summed E-state index contributed by atoms with van der Waals surface area (Å²) in [6, 6.07) is 19.0. The van der Waals surface area contributed by atoms with E-state index in [-0.39, 0.29) is 22.2 Å². The number of rotatable bonds is 8. The fourth-order valence-electron chi connectivity index (χ4n) is 4.19. The Morgan fingerprint density at radius 1 is 0.951 bits per heavy atom. The molecule has 0 saturated heterocycles. The molecule has 4 aromatic rings. The third-order valence-electron chi connectivity index (χ3n) is 6.97. The molecule has 0 aliphatic rings. The molecular formula is C31H31F3N4O2S. The molecule has 4 rings (SSSR count). The van der Waals surface area contributed by atoms with Gasteiger partial charge in [-0.1, -0.05) is 56.3 Å². The van der Waals surface area contributed by atoms with Crippen molar-refractivity contribution >= 4 is 21.3 Å². The standard InChI is InChI=1S/C31H31F3N4O2S/c1-6-20(2)21(3)36-37-22(4)29-19-38(30(35-29)27-12-7-8-13-28(27)31(32,33)34)25-16-14-23(15-17-25)24-10-9-11-26(18-24)41(5,39)40/h7-20H,6H2,1-5H3/b36-21-,37-22+. The van der Waals surface area contributed by atoms with Crippen molar-refractivity contribution in [1.29, 1.82) is 0 Å². The summed E-state index contributed by atoms with van der Waals surface area (Å²) in [5, 5.41) is 8.63. The zero-order chi connectivity index (χ0) is 29.9. The number of aromatic nitrogens is 2. The van der Waals surface area contributed by atoms with Crippen molar-refractivity contribution in [1.82, 2.24) is 9.55 Å². The Morgan fingerprint density at radius 2 is 1.63 bits per heavy atom. The van der Waals surface area contributed by atoms with E-state index in [9.17, 15) is 21.6 Å². The molecule has 1 aromatic heterocycles. The minimum Gasteiger partial charge on any atom is -0.299 e. The molecule has 0 bridgehead atoms. The zero-order valence-corrected chi connectivity index (χ0v) is 24.3. The van der Waals surface area contributed by atoms with E-state index >= 15 is 0 Å². The first-order valence-electron chi connectivity index (χ1n) is 13.1. The van der Waals surface area contributed by atoms with E-state index < -0.39 is 21.6 Å². The molecule has 41 heavy (non-hydrogen) atoms. The summed E-state index contributed by atoms with van der Waals surface area (Å²) in [4.78, 5) is 4.79. The molecule has 6 nitrogen and oxygen atoms in total. The second-order valence-corrected chi connectivity index (χ2v) is 12.0. The highest BCUT2D eigenvalue weighted by molar-refractivity contribution is 7.90. The number of benzene rings is 3. The molecule has 0 fully saturated rings. The molecule has 214 valence electrons. The lowest BCUT2D eigenvalue weighted by atomic mass is 10.0. The molecule has 0 saturated carbocycles. The van der Waals surface area contributed by atoms with Crippen LogP contribution >= 0.6 is 0 Å². The van der Waals surface area contributed by atoms with Gasteiger partial charge in [-0.3, -0.25) is 4.57 Å². The Morgan fingerprint density at radius 3 is 2.27 bits per heavy atom. The topological polar surface area (TPSA) is 76.7 Å². The number of hydrogen-bond acceptors (Lipinski definition) is 5. The monoisotopic (exact) mass is 580 g/mol. The Kier molecular flexibility index (Phi) is 8.63. The first-order valence-corrected chi connectivity index (χ1v) is 14.9. The summed E-state index contributed by atoms with van der Waals surface area (Å²) in [7, 11) is -3.38. The normalized spacial score (nSPS) is 13.9. The molecule has 3 aromatic carbocycles. The van der Waals surface area contributed by atoms with E-state index in [1.54, 1.807) is 66.2 Å². The molecule has 0 spiro atoms. The van der Waals surface area contributed by atoms with Gasteiger partial charge < -0.3 is 0 Å². The quantitative estimate of drug-likeness (QED) is 0.157. The van der Waals surface area contributed by atoms with Crippen LogP contribution in [0.1, 0.15) is 45.4 Å². The Hall–Kier alpha value is -4.05. The maximum atomic E-state index is 14.0. The second-order valence-electron chi connectivity index (χ2n) is 9.95. The third-order valence-corrected chi connectivity index (χ3v) is 8.08. The number of sulfone groups is 1. The van der Waals surface area contributed by atoms with Gasteiger partial charge in [0.25, 0.3) is 0 Å². The van der Waals surface area contributed by atoms with Crippen molar-refractivity contribution in [2.45, 2.75) is 45.2 Å². The van der Waals surface area contributed by atoms with Crippen molar-refractivity contribution in [2.24, 2.45) is 16.1 Å². The Balaban J connectivity index is 1.84. The van der Waals surface area contributed by atoms with Crippen LogP contribution in [0.3, 0.4) is 0 Å². The first kappa shape index (κ1) is 29.9. The highest BCUT2D eigenvalue weighted by Crippen LogP contribution is 2.37. The average Bonchev–Trinajstić information content (AvgIpc) is 3.40. The van der Waals surface area contributed by atoms with Crippen LogP contribution in [0, 0.1) is 5.92 Å². The third kappa shape index (κ3) is 6.82. The highest BCUT2D eigenvalue weighted by atomic mass is 32.2. The van der Waals surface area contributed by atoms with Gasteiger partial charge in [0.2, 0.25) is 0 Å². The molecule has 0 amide bonds. The van der Waals surface area contributed by atoms with Gasteiger partial charge in [0.1, 0.15) is 11.5 Å². The van der Waals surface area contributed by atoms with Gasteiger partial charge in [-0.15, -0.1) is 0 Å². The van der Waals surface area contributed by atoms with Crippen LogP contribution in [-0.4, -0.2) is 35.6 Å². The number of halogens is 3. The van der Waals surface area contributed by atoms with Crippen molar-refractivity contribution < 1.29 is 21.6 Å². The van der Waals surface area contributed by atoms with Gasteiger partial charge in [-0.05, 0) is 67.6 Å². The SMILES string of the molecule is CCC(C)/C(C)=N\N=C(/C)c1cn(-c2ccc(-c3cccc(S(C)(=O)=O)c3)cc2)c(-c2ccccc2C(F)(F)F)n1. The molecular weight excluding hydrogens is 549 g/mol. The van der Waals surface area contributed by atoms with Crippen LogP contribution < -0.4 is 0 Å². The van der Waals surface area contributed by atoms with E-state index in [4.69, 9.17) is 0 Å². The van der Waals surface area contributed by atoms with Crippen LogP contribution in [-0.2, 0) is 16.0 Å². The number of alkyl halides is 3. The van der Waals surface area contributed by atoms with Gasteiger partial charge in [0.05, 0.1) is 16.2 Å². The van der Waals surface area contributed by atoms with Crippen LogP contribution in [0.25, 0.3) is 28.2 Å². The van der Waals surface area contributed by atoms with Crippen LogP contribution in [0.15, 0.2) is 94.1 Å². The minimum atomic E-state index is -4.58. The molecule has 0 aliphatic heterocycles. The number of hydrogen-bond donors (Lipinski definition) is 0. The molecule has 0 aliphatic carbocycles. The van der Waals surface area contributed by atoms with E-state index in [2.05, 4.69) is 22.1 Å². The maximum absolute atomic E-state index is 14.0. The van der Waals surface area contributed by atoms with Crippen molar-refractivity contribution in [3.8, 4) is 28.2 Å². The number of nitrogens with zero attached hydrogens (tertiary/aromatic N) is 4. The summed E-state index contributed by atoms with van der Waals surface area (Å²) < 4.78 is 67.6. The average molecular weight is 581 g/mol. The molecule has 1 heterocycles. The van der Waals surface area contributed by atoms with E-state index in [0.717, 1.165) is 30.0 Å². The minimum absolute atomic E-state index is 0.0664. The van der Waals surface area contributed by atoms with Crippen LogP contribution in [0.2, 0.25) is 0 Å². The second kappa shape index (κ2) is 11.8. The van der Waals surface area contributed by atoms with Gasteiger partial charge in [-0.2, -0.15) is 23.4 Å². The fraction of sp³-hybridized carbons (Fsp3) is 0.258. The predicted octanol–water partition coefficient (Wildman–Crippen LogP) is 7.86. The van der Waals surface area contributed by atoms with Crippen molar-refractivity contribution in [3.05, 3.63) is 90.3 Å². The highest BCUT2D eigenvalue weighted by Gasteiger charge is 2.34. The predicted molar refractivity (Wildman–Crippen MR) is 157 cm³/mol. The Bertz CT molecular complexity index is 1720. The molecule has 10 heteroatoms. The molecule has 1 atom stereocenters. The summed E-state index contributed by atoms with van der Waals surface area (Å²) >= 11 is 0. The lowest BCUT2D eigenvalue weighted by molar-refractivity contribution is -0.137. The maximum Gasteiger partial charge on any atom is 0.417 e. The van der Waals surface area contributed by atoms with Crippen LogP contribution in [0.4, 0.5) is 13.2 Å². The summed E-state index contributed by atoms with van der Waals surface area (Å²) in [5.41, 5.74) is 2.87. The fourth-order valence-corrected chi connectivity index (χ4v) is 4.85. The lowest BCUT2D eigenvalue weighted by Crippen LogP contribution is -2.09. The zero-order valence-electron chi connectivity index (χ0n) is 23.4. The molecule has 1 unspecified atom stereocenters.